The number of piperidine rings is 1. The van der Waals surface area contributed by atoms with Gasteiger partial charge in [-0.25, -0.2) is 0 Å². The Hall–Kier alpha value is -2.44. The van der Waals surface area contributed by atoms with Crippen LogP contribution in [-0.2, 0) is 10.2 Å². The van der Waals surface area contributed by atoms with Crippen LogP contribution in [0.2, 0.25) is 5.02 Å². The van der Waals surface area contributed by atoms with Crippen molar-refractivity contribution in [3.05, 3.63) is 69.5 Å². The van der Waals surface area contributed by atoms with Crippen molar-refractivity contribution in [2.75, 3.05) is 13.1 Å². The van der Waals surface area contributed by atoms with E-state index in [0.29, 0.717) is 0 Å². The van der Waals surface area contributed by atoms with Gasteiger partial charge in [0.25, 0.3) is 5.91 Å². The number of hydrogen-bond donors (Lipinski definition) is 1. The van der Waals surface area contributed by atoms with E-state index in [1.165, 1.54) is 11.1 Å². The molecule has 1 spiro atoms. The molecule has 31 heavy (non-hydrogen) atoms. The number of terminal acetylenes is 1. The lowest BCUT2D eigenvalue weighted by Crippen LogP contribution is -2.47. The predicted molar refractivity (Wildman–Crippen MR) is 126 cm³/mol. The highest BCUT2D eigenvalue weighted by molar-refractivity contribution is 6.30. The Labute approximate surface area is 190 Å². The fourth-order valence-electron chi connectivity index (χ4n) is 6.03. The van der Waals surface area contributed by atoms with Crippen LogP contribution >= 0.6 is 11.6 Å². The zero-order valence-corrected chi connectivity index (χ0v) is 18.7. The summed E-state index contributed by atoms with van der Waals surface area (Å²) in [5.41, 5.74) is 5.83. The van der Waals surface area contributed by atoms with E-state index >= 15 is 0 Å². The SMILES string of the molecule is C#CC1CCC2(CCN(C3=CC(=C)C4=C(CCCC4)C(=O)N3)CC2)c2cc(Cl)ccc21. The molecule has 1 atom stereocenters. The Bertz CT molecular complexity index is 1050. The number of carbonyl (C=O) groups excluding carboxylic acids is 1. The number of hydrogen-bond acceptors (Lipinski definition) is 2. The first-order chi connectivity index (χ1) is 15.0. The molecule has 0 aromatic heterocycles. The molecule has 0 saturated carbocycles. The highest BCUT2D eigenvalue weighted by atomic mass is 35.5. The third kappa shape index (κ3) is 3.52. The molecule has 1 amide bonds. The second kappa shape index (κ2) is 7.92. The maximum absolute atomic E-state index is 12.9. The van der Waals surface area contributed by atoms with E-state index in [9.17, 15) is 4.79 Å². The van der Waals surface area contributed by atoms with Gasteiger partial charge in [0.2, 0.25) is 0 Å². The summed E-state index contributed by atoms with van der Waals surface area (Å²) in [6.07, 6.45) is 16.1. The summed E-state index contributed by atoms with van der Waals surface area (Å²) < 4.78 is 0. The summed E-state index contributed by atoms with van der Waals surface area (Å²) in [5.74, 6) is 4.13. The van der Waals surface area contributed by atoms with Crippen LogP contribution in [0.25, 0.3) is 0 Å². The molecule has 5 rings (SSSR count). The molecular weight excluding hydrogens is 404 g/mol. The Balaban J connectivity index is 1.38. The standard InChI is InChI=1S/C27H29ClN2O/c1-3-19-10-11-27(24-17-20(28)8-9-22(19)24)12-14-30(15-13-27)25-16-18(2)21-6-4-5-7-23(21)26(31)29-25/h1,8-9,16-17,19H,2,4-7,10-15H2,(H,29,31). The van der Waals surface area contributed by atoms with Gasteiger partial charge in [0, 0.05) is 29.6 Å². The van der Waals surface area contributed by atoms with Crippen molar-refractivity contribution in [1.29, 1.82) is 0 Å². The number of halogens is 1. The second-order valence-electron chi connectivity index (χ2n) is 9.43. The molecular formula is C27H29ClN2O. The molecule has 4 aliphatic rings. The Morgan fingerprint density at radius 1 is 1.16 bits per heavy atom. The number of nitrogens with zero attached hydrogens (tertiary/aromatic N) is 1. The lowest BCUT2D eigenvalue weighted by atomic mass is 9.62. The Kier molecular flexibility index (Phi) is 5.22. The van der Waals surface area contributed by atoms with E-state index in [2.05, 4.69) is 40.9 Å². The van der Waals surface area contributed by atoms with Gasteiger partial charge in [-0.15, -0.1) is 6.42 Å². The fourth-order valence-corrected chi connectivity index (χ4v) is 6.20. The summed E-state index contributed by atoms with van der Waals surface area (Å²) in [5, 5.41) is 3.98. The van der Waals surface area contributed by atoms with Gasteiger partial charge in [-0.2, -0.15) is 0 Å². The number of carbonyl (C=O) groups is 1. The van der Waals surface area contributed by atoms with Crippen molar-refractivity contribution >= 4 is 17.5 Å². The van der Waals surface area contributed by atoms with Gasteiger partial charge in [0.05, 0.1) is 0 Å². The third-order valence-corrected chi connectivity index (χ3v) is 8.05. The third-order valence-electron chi connectivity index (χ3n) is 7.82. The minimum absolute atomic E-state index is 0.0616. The van der Waals surface area contributed by atoms with Crippen molar-refractivity contribution in [2.45, 2.75) is 62.7 Å². The number of amides is 1. The summed E-state index contributed by atoms with van der Waals surface area (Å²) >= 11 is 6.40. The molecule has 4 heteroatoms. The minimum Gasteiger partial charge on any atom is -0.358 e. The largest absolute Gasteiger partial charge is 0.358 e. The molecule has 1 saturated heterocycles. The van der Waals surface area contributed by atoms with Gasteiger partial charge in [0.1, 0.15) is 5.82 Å². The van der Waals surface area contributed by atoms with Gasteiger partial charge < -0.3 is 10.2 Å². The first kappa shape index (κ1) is 20.5. The van der Waals surface area contributed by atoms with Gasteiger partial charge in [-0.3, -0.25) is 4.79 Å². The van der Waals surface area contributed by atoms with E-state index in [1.54, 1.807) is 0 Å². The topological polar surface area (TPSA) is 32.3 Å². The maximum atomic E-state index is 12.9. The average molecular weight is 433 g/mol. The molecule has 160 valence electrons. The first-order valence-corrected chi connectivity index (χ1v) is 11.8. The van der Waals surface area contributed by atoms with E-state index in [1.807, 2.05) is 6.07 Å². The van der Waals surface area contributed by atoms with Crippen molar-refractivity contribution in [3.63, 3.8) is 0 Å². The molecule has 1 fully saturated rings. The summed E-state index contributed by atoms with van der Waals surface area (Å²) in [7, 11) is 0. The fraction of sp³-hybridized carbons (Fsp3) is 0.444. The van der Waals surface area contributed by atoms with E-state index in [-0.39, 0.29) is 17.2 Å². The van der Waals surface area contributed by atoms with Gasteiger partial charge in [-0.1, -0.05) is 30.2 Å². The highest BCUT2D eigenvalue weighted by Crippen LogP contribution is 2.49. The molecule has 1 aromatic rings. The lowest BCUT2D eigenvalue weighted by Gasteiger charge is -2.47. The summed E-state index contributed by atoms with van der Waals surface area (Å²) in [4.78, 5) is 15.2. The van der Waals surface area contributed by atoms with Crippen LogP contribution < -0.4 is 5.32 Å². The number of allylic oxidation sites excluding steroid dienone is 3. The van der Waals surface area contributed by atoms with Crippen molar-refractivity contribution in [2.24, 2.45) is 0 Å². The maximum Gasteiger partial charge on any atom is 0.252 e. The van der Waals surface area contributed by atoms with Crippen LogP contribution in [0.4, 0.5) is 0 Å². The van der Waals surface area contributed by atoms with Crippen LogP contribution in [-0.4, -0.2) is 23.9 Å². The van der Waals surface area contributed by atoms with Crippen LogP contribution in [0.1, 0.15) is 68.4 Å². The molecule has 1 aromatic carbocycles. The zero-order chi connectivity index (χ0) is 21.6. The minimum atomic E-state index is 0.0616. The molecule has 1 N–H and O–H groups in total. The molecule has 0 bridgehead atoms. The number of benzene rings is 1. The molecule has 3 nitrogen and oxygen atoms in total. The monoisotopic (exact) mass is 432 g/mol. The molecule has 0 radical (unpaired) electrons. The van der Waals surface area contributed by atoms with Crippen molar-refractivity contribution < 1.29 is 4.79 Å². The van der Waals surface area contributed by atoms with Crippen LogP contribution in [0.5, 0.6) is 0 Å². The van der Waals surface area contributed by atoms with Gasteiger partial charge >= 0.3 is 0 Å². The Morgan fingerprint density at radius 2 is 1.90 bits per heavy atom. The van der Waals surface area contributed by atoms with E-state index < -0.39 is 0 Å². The molecule has 2 aliphatic carbocycles. The van der Waals surface area contributed by atoms with Crippen molar-refractivity contribution in [3.8, 4) is 12.3 Å². The second-order valence-corrected chi connectivity index (χ2v) is 9.87. The number of fused-ring (bicyclic) bond motifs is 2. The van der Waals surface area contributed by atoms with Crippen LogP contribution in [0.15, 0.2) is 53.4 Å². The number of rotatable bonds is 1. The predicted octanol–water partition coefficient (Wildman–Crippen LogP) is 5.58. The lowest BCUT2D eigenvalue weighted by molar-refractivity contribution is -0.117. The highest BCUT2D eigenvalue weighted by Gasteiger charge is 2.42. The van der Waals surface area contributed by atoms with E-state index in [0.717, 1.165) is 92.0 Å². The summed E-state index contributed by atoms with van der Waals surface area (Å²) in [6.45, 7) is 6.09. The van der Waals surface area contributed by atoms with E-state index in [4.69, 9.17) is 18.0 Å². The van der Waals surface area contributed by atoms with Crippen LogP contribution in [0, 0.1) is 12.3 Å². The smallest absolute Gasteiger partial charge is 0.252 e. The van der Waals surface area contributed by atoms with Crippen molar-refractivity contribution in [1.82, 2.24) is 10.2 Å². The molecule has 2 aliphatic heterocycles. The van der Waals surface area contributed by atoms with Gasteiger partial charge in [0.15, 0.2) is 0 Å². The Morgan fingerprint density at radius 3 is 2.65 bits per heavy atom. The first-order valence-electron chi connectivity index (χ1n) is 11.5. The molecule has 1 unspecified atom stereocenters. The quantitative estimate of drug-likeness (QED) is 0.587. The molecule has 2 heterocycles. The zero-order valence-electron chi connectivity index (χ0n) is 18.0. The average Bonchev–Trinajstić information content (AvgIpc) is 2.92. The normalized spacial score (nSPS) is 25.2. The summed E-state index contributed by atoms with van der Waals surface area (Å²) in [6, 6.07) is 6.23. The van der Waals surface area contributed by atoms with Crippen LogP contribution in [0.3, 0.4) is 0 Å². The van der Waals surface area contributed by atoms with Gasteiger partial charge in [-0.05, 0) is 97.3 Å². The number of nitrogens with one attached hydrogen (secondary N) is 1. The number of likely N-dealkylation sites (tertiary alicyclic amines) is 1.